The van der Waals surface area contributed by atoms with E-state index < -0.39 is 5.91 Å². The first-order chi connectivity index (χ1) is 11.4. The average molecular weight is 346 g/mol. The second-order valence-electron chi connectivity index (χ2n) is 5.80. The van der Waals surface area contributed by atoms with Crippen LogP contribution in [0, 0.1) is 0 Å². The van der Waals surface area contributed by atoms with E-state index in [1.165, 1.54) is 11.3 Å². The van der Waals surface area contributed by atoms with Crippen LogP contribution in [0.25, 0.3) is 0 Å². The van der Waals surface area contributed by atoms with Gasteiger partial charge in [-0.1, -0.05) is 13.0 Å². The Morgan fingerprint density at radius 1 is 1.33 bits per heavy atom. The predicted octanol–water partition coefficient (Wildman–Crippen LogP) is 2.51. The van der Waals surface area contributed by atoms with Crippen LogP contribution < -0.4 is 11.1 Å². The van der Waals surface area contributed by atoms with E-state index in [2.05, 4.69) is 17.2 Å². The van der Waals surface area contributed by atoms with Crippen molar-refractivity contribution in [1.29, 1.82) is 0 Å². The number of nitrogens with zero attached hydrogens (tertiary/aromatic N) is 2. The van der Waals surface area contributed by atoms with Crippen LogP contribution in [-0.4, -0.2) is 35.8 Å². The van der Waals surface area contributed by atoms with Crippen molar-refractivity contribution in [2.45, 2.75) is 26.3 Å². The monoisotopic (exact) mass is 346 g/mol. The number of carbonyl (C=O) groups excluding carboxylic acids is 2. The van der Waals surface area contributed by atoms with Gasteiger partial charge in [-0.3, -0.25) is 9.59 Å². The van der Waals surface area contributed by atoms with E-state index in [9.17, 15) is 9.59 Å². The summed E-state index contributed by atoms with van der Waals surface area (Å²) in [5, 5.41) is 3.83. The third-order valence-electron chi connectivity index (χ3n) is 3.37. The number of aromatic nitrogens is 1. The van der Waals surface area contributed by atoms with E-state index in [0.717, 1.165) is 23.4 Å². The number of nitrogens with one attached hydrogen (secondary N) is 1. The van der Waals surface area contributed by atoms with Gasteiger partial charge in [-0.2, -0.15) is 0 Å². The lowest BCUT2D eigenvalue weighted by atomic mass is 10.1. The first-order valence-corrected chi connectivity index (χ1v) is 8.56. The lowest BCUT2D eigenvalue weighted by molar-refractivity contribution is 0.0996. The highest BCUT2D eigenvalue weighted by Gasteiger charge is 2.14. The van der Waals surface area contributed by atoms with Crippen molar-refractivity contribution >= 4 is 28.8 Å². The zero-order chi connectivity index (χ0) is 17.7. The molecule has 0 aliphatic heterocycles. The molecule has 3 N–H and O–H groups in total. The van der Waals surface area contributed by atoms with Crippen LogP contribution in [0.3, 0.4) is 0 Å². The Kier molecular flexibility index (Phi) is 6.05. The lowest BCUT2D eigenvalue weighted by Crippen LogP contribution is -2.18. The van der Waals surface area contributed by atoms with E-state index in [4.69, 9.17) is 5.73 Å². The largest absolute Gasteiger partial charge is 0.366 e. The molecular weight excluding hydrogens is 324 g/mol. The van der Waals surface area contributed by atoms with Crippen LogP contribution in [0.4, 0.5) is 5.69 Å². The van der Waals surface area contributed by atoms with Gasteiger partial charge in [0.2, 0.25) is 5.91 Å². The van der Waals surface area contributed by atoms with Crippen LogP contribution in [0.1, 0.15) is 43.9 Å². The molecule has 24 heavy (non-hydrogen) atoms. The molecule has 0 radical (unpaired) electrons. The topological polar surface area (TPSA) is 88.3 Å². The van der Waals surface area contributed by atoms with Crippen LogP contribution in [0.2, 0.25) is 0 Å². The normalized spacial score (nSPS) is 10.8. The fourth-order valence-corrected chi connectivity index (χ4v) is 3.17. The minimum atomic E-state index is -0.523. The number of hydrogen-bond acceptors (Lipinski definition) is 5. The molecular formula is C17H22N4O2S. The van der Waals surface area contributed by atoms with Gasteiger partial charge in [-0.05, 0) is 44.6 Å². The molecule has 7 heteroatoms. The predicted molar refractivity (Wildman–Crippen MR) is 96.4 cm³/mol. The number of benzene rings is 1. The van der Waals surface area contributed by atoms with Crippen LogP contribution in [0.5, 0.6) is 0 Å². The SMILES string of the molecule is CCCc1ncc(C(=O)Nc2cc(C(N)=O)ccc2CN(C)C)s1. The summed E-state index contributed by atoms with van der Waals surface area (Å²) in [5.74, 6) is -0.749. The molecule has 0 spiro atoms. The summed E-state index contributed by atoms with van der Waals surface area (Å²) in [6, 6.07) is 5.10. The maximum atomic E-state index is 12.5. The van der Waals surface area contributed by atoms with Crippen molar-refractivity contribution in [3.63, 3.8) is 0 Å². The molecule has 0 fully saturated rings. The molecule has 2 rings (SSSR count). The minimum Gasteiger partial charge on any atom is -0.366 e. The van der Waals surface area contributed by atoms with Gasteiger partial charge in [-0.25, -0.2) is 4.98 Å². The van der Waals surface area contributed by atoms with E-state index in [0.29, 0.717) is 22.7 Å². The third-order valence-corrected chi connectivity index (χ3v) is 4.43. The van der Waals surface area contributed by atoms with Gasteiger partial charge in [0.1, 0.15) is 4.88 Å². The molecule has 0 saturated heterocycles. The number of hydrogen-bond donors (Lipinski definition) is 2. The van der Waals surface area contributed by atoms with Crippen molar-refractivity contribution in [2.24, 2.45) is 5.73 Å². The Labute approximate surface area is 145 Å². The summed E-state index contributed by atoms with van der Waals surface area (Å²) < 4.78 is 0. The summed E-state index contributed by atoms with van der Waals surface area (Å²) in [6.45, 7) is 2.71. The Balaban J connectivity index is 2.26. The van der Waals surface area contributed by atoms with Gasteiger partial charge in [0.25, 0.3) is 5.91 Å². The zero-order valence-electron chi connectivity index (χ0n) is 14.1. The van der Waals surface area contributed by atoms with Gasteiger partial charge in [0.15, 0.2) is 0 Å². The summed E-state index contributed by atoms with van der Waals surface area (Å²) in [7, 11) is 3.88. The van der Waals surface area contributed by atoms with E-state index in [1.54, 1.807) is 18.3 Å². The number of nitrogens with two attached hydrogens (primary N) is 1. The highest BCUT2D eigenvalue weighted by molar-refractivity contribution is 7.13. The smallest absolute Gasteiger partial charge is 0.267 e. The second-order valence-corrected chi connectivity index (χ2v) is 6.91. The number of carbonyl (C=O) groups is 2. The number of thiazole rings is 1. The average Bonchev–Trinajstić information content (AvgIpc) is 2.97. The Hall–Kier alpha value is -2.25. The molecule has 0 aliphatic rings. The van der Waals surface area contributed by atoms with E-state index in [1.807, 2.05) is 25.1 Å². The fraction of sp³-hybridized carbons (Fsp3) is 0.353. The van der Waals surface area contributed by atoms with E-state index >= 15 is 0 Å². The van der Waals surface area contributed by atoms with Gasteiger partial charge < -0.3 is 16.0 Å². The summed E-state index contributed by atoms with van der Waals surface area (Å²) in [6.07, 6.45) is 3.44. The van der Waals surface area contributed by atoms with Crippen molar-refractivity contribution in [3.8, 4) is 0 Å². The van der Waals surface area contributed by atoms with Gasteiger partial charge in [0, 0.05) is 17.8 Å². The third kappa shape index (κ3) is 4.62. The highest BCUT2D eigenvalue weighted by Crippen LogP contribution is 2.22. The molecule has 128 valence electrons. The summed E-state index contributed by atoms with van der Waals surface area (Å²) in [5.41, 5.74) is 7.21. The quantitative estimate of drug-likeness (QED) is 0.806. The van der Waals surface area contributed by atoms with Gasteiger partial charge >= 0.3 is 0 Å². The first kappa shape index (κ1) is 18.1. The number of amides is 2. The molecule has 0 bridgehead atoms. The molecule has 0 aliphatic carbocycles. The minimum absolute atomic E-state index is 0.225. The van der Waals surface area contributed by atoms with Crippen LogP contribution in [-0.2, 0) is 13.0 Å². The fourth-order valence-electron chi connectivity index (χ4n) is 2.25. The standard InChI is InChI=1S/C17H22N4O2S/c1-4-5-15-19-9-14(24-15)17(23)20-13-8-11(16(18)22)6-7-12(13)10-21(2)3/h6-9H,4-5,10H2,1-3H3,(H2,18,22)(H,20,23). The Morgan fingerprint density at radius 3 is 2.71 bits per heavy atom. The molecule has 1 aromatic carbocycles. The lowest BCUT2D eigenvalue weighted by Gasteiger charge is -2.15. The van der Waals surface area contributed by atoms with Crippen LogP contribution in [0.15, 0.2) is 24.4 Å². The summed E-state index contributed by atoms with van der Waals surface area (Å²) >= 11 is 1.39. The van der Waals surface area contributed by atoms with Crippen molar-refractivity contribution < 1.29 is 9.59 Å². The van der Waals surface area contributed by atoms with Crippen molar-refractivity contribution in [3.05, 3.63) is 45.4 Å². The van der Waals surface area contributed by atoms with Gasteiger partial charge in [-0.15, -0.1) is 11.3 Å². The molecule has 2 amide bonds. The maximum Gasteiger partial charge on any atom is 0.267 e. The van der Waals surface area contributed by atoms with Gasteiger partial charge in [0.05, 0.1) is 11.2 Å². The maximum absolute atomic E-state index is 12.5. The number of rotatable bonds is 7. The first-order valence-electron chi connectivity index (χ1n) is 7.74. The Morgan fingerprint density at radius 2 is 2.08 bits per heavy atom. The van der Waals surface area contributed by atoms with Crippen molar-refractivity contribution in [1.82, 2.24) is 9.88 Å². The molecule has 0 saturated carbocycles. The van der Waals surface area contributed by atoms with E-state index in [-0.39, 0.29) is 5.91 Å². The van der Waals surface area contributed by atoms with Crippen molar-refractivity contribution in [2.75, 3.05) is 19.4 Å². The highest BCUT2D eigenvalue weighted by atomic mass is 32.1. The molecule has 0 unspecified atom stereocenters. The number of aryl methyl sites for hydroxylation is 1. The molecule has 6 nitrogen and oxygen atoms in total. The number of primary amides is 1. The molecule has 1 heterocycles. The molecule has 0 atom stereocenters. The Bertz CT molecular complexity index is 740. The summed E-state index contributed by atoms with van der Waals surface area (Å²) in [4.78, 5) is 30.7. The second kappa shape index (κ2) is 8.03. The van der Waals surface area contributed by atoms with Crippen LogP contribution >= 0.6 is 11.3 Å². The zero-order valence-corrected chi connectivity index (χ0v) is 14.9. The number of anilines is 1. The molecule has 2 aromatic rings. The molecule has 1 aromatic heterocycles.